The van der Waals surface area contributed by atoms with E-state index < -0.39 is 0 Å². The molecule has 0 radical (unpaired) electrons. The van der Waals surface area contributed by atoms with Crippen LogP contribution in [0.25, 0.3) is 0 Å². The molecule has 2 rings (SSSR count). The van der Waals surface area contributed by atoms with Gasteiger partial charge in [0.15, 0.2) is 0 Å². The third-order valence-electron chi connectivity index (χ3n) is 4.08. The van der Waals surface area contributed by atoms with Crippen molar-refractivity contribution in [1.82, 2.24) is 5.32 Å². The van der Waals surface area contributed by atoms with Gasteiger partial charge in [-0.15, -0.1) is 0 Å². The summed E-state index contributed by atoms with van der Waals surface area (Å²) in [7, 11) is 0. The highest BCUT2D eigenvalue weighted by atomic mass is 35.5. The molecular weight excluding hydrogens is 258 g/mol. The van der Waals surface area contributed by atoms with Crippen LogP contribution in [0, 0.1) is 5.92 Å². The van der Waals surface area contributed by atoms with Crippen LogP contribution in [0.3, 0.4) is 0 Å². The fourth-order valence-electron chi connectivity index (χ4n) is 2.95. The Morgan fingerprint density at radius 3 is 2.42 bits per heavy atom. The van der Waals surface area contributed by atoms with E-state index in [0.717, 1.165) is 24.3 Å². The van der Waals surface area contributed by atoms with E-state index in [4.69, 9.17) is 16.7 Å². The van der Waals surface area contributed by atoms with E-state index in [1.807, 2.05) is 12.1 Å². The second kappa shape index (κ2) is 7.28. The Kier molecular flexibility index (Phi) is 5.68. The van der Waals surface area contributed by atoms with Gasteiger partial charge in [0.05, 0.1) is 0 Å². The first-order valence-electron chi connectivity index (χ1n) is 7.28. The smallest absolute Gasteiger partial charge is 0.0459 e. The zero-order chi connectivity index (χ0) is 13.7. The number of benzene rings is 1. The largest absolute Gasteiger partial charge is 0.396 e. The van der Waals surface area contributed by atoms with Crippen LogP contribution in [-0.4, -0.2) is 23.8 Å². The Morgan fingerprint density at radius 1 is 1.21 bits per heavy atom. The van der Waals surface area contributed by atoms with Crippen molar-refractivity contribution in [2.24, 2.45) is 5.92 Å². The fourth-order valence-corrected chi connectivity index (χ4v) is 3.07. The van der Waals surface area contributed by atoms with E-state index in [-0.39, 0.29) is 0 Å². The molecule has 0 amide bonds. The van der Waals surface area contributed by atoms with Crippen molar-refractivity contribution >= 4 is 11.6 Å². The topological polar surface area (TPSA) is 32.3 Å². The number of rotatable bonds is 5. The van der Waals surface area contributed by atoms with Gasteiger partial charge in [-0.05, 0) is 62.6 Å². The molecule has 3 heteroatoms. The molecule has 1 unspecified atom stereocenters. The molecule has 2 nitrogen and oxygen atoms in total. The molecule has 1 aliphatic rings. The average Bonchev–Trinajstić information content (AvgIpc) is 2.42. The van der Waals surface area contributed by atoms with Crippen molar-refractivity contribution in [2.75, 3.05) is 6.61 Å². The second-order valence-electron chi connectivity index (χ2n) is 5.80. The number of hydrogen-bond acceptors (Lipinski definition) is 2. The van der Waals surface area contributed by atoms with Crippen molar-refractivity contribution in [3.63, 3.8) is 0 Å². The molecule has 1 aromatic carbocycles. The number of halogens is 1. The van der Waals surface area contributed by atoms with Gasteiger partial charge in [-0.2, -0.15) is 0 Å². The number of hydrogen-bond donors (Lipinski definition) is 2. The van der Waals surface area contributed by atoms with Crippen LogP contribution in [0.2, 0.25) is 5.02 Å². The first kappa shape index (κ1) is 14.8. The molecular formula is C16H24ClNO. The minimum absolute atomic E-state index is 0.354. The van der Waals surface area contributed by atoms with Crippen molar-refractivity contribution in [3.05, 3.63) is 34.9 Å². The SMILES string of the molecule is CC(Cc1ccc(Cl)cc1)NC1CCC(CO)CC1. The normalized spacial score (nSPS) is 25.2. The molecule has 1 aliphatic carbocycles. The molecule has 0 saturated heterocycles. The van der Waals surface area contributed by atoms with E-state index in [0.29, 0.717) is 24.6 Å². The predicted molar refractivity (Wildman–Crippen MR) is 80.6 cm³/mol. The van der Waals surface area contributed by atoms with E-state index in [1.165, 1.54) is 18.4 Å². The summed E-state index contributed by atoms with van der Waals surface area (Å²) >= 11 is 5.90. The predicted octanol–water partition coefficient (Wildman–Crippen LogP) is 3.41. The summed E-state index contributed by atoms with van der Waals surface area (Å²) in [4.78, 5) is 0. The van der Waals surface area contributed by atoms with Gasteiger partial charge in [0, 0.05) is 23.7 Å². The lowest BCUT2D eigenvalue weighted by Gasteiger charge is -2.30. The van der Waals surface area contributed by atoms with Crippen LogP contribution in [0.15, 0.2) is 24.3 Å². The maximum Gasteiger partial charge on any atom is 0.0459 e. The third-order valence-corrected chi connectivity index (χ3v) is 4.33. The summed E-state index contributed by atoms with van der Waals surface area (Å²) in [6, 6.07) is 9.21. The summed E-state index contributed by atoms with van der Waals surface area (Å²) in [5.74, 6) is 0.532. The average molecular weight is 282 g/mol. The molecule has 19 heavy (non-hydrogen) atoms. The first-order chi connectivity index (χ1) is 9.17. The number of aliphatic hydroxyl groups is 1. The van der Waals surface area contributed by atoms with Gasteiger partial charge >= 0.3 is 0 Å². The quantitative estimate of drug-likeness (QED) is 0.867. The Hall–Kier alpha value is -0.570. The molecule has 1 fully saturated rings. The van der Waals surface area contributed by atoms with E-state index in [1.54, 1.807) is 0 Å². The summed E-state index contributed by atoms with van der Waals surface area (Å²) in [6.07, 6.45) is 5.73. The molecule has 0 aromatic heterocycles. The molecule has 2 N–H and O–H groups in total. The van der Waals surface area contributed by atoms with Crippen LogP contribution in [0.1, 0.15) is 38.2 Å². The van der Waals surface area contributed by atoms with Gasteiger partial charge < -0.3 is 10.4 Å². The maximum absolute atomic E-state index is 9.15. The lowest BCUT2D eigenvalue weighted by atomic mass is 9.86. The first-order valence-corrected chi connectivity index (χ1v) is 7.66. The molecule has 0 aliphatic heterocycles. The zero-order valence-corrected chi connectivity index (χ0v) is 12.4. The van der Waals surface area contributed by atoms with Crippen LogP contribution in [0.5, 0.6) is 0 Å². The highest BCUT2D eigenvalue weighted by Crippen LogP contribution is 2.24. The van der Waals surface area contributed by atoms with Crippen LogP contribution < -0.4 is 5.32 Å². The van der Waals surface area contributed by atoms with Gasteiger partial charge in [0.25, 0.3) is 0 Å². The van der Waals surface area contributed by atoms with Crippen LogP contribution in [0.4, 0.5) is 0 Å². The summed E-state index contributed by atoms with van der Waals surface area (Å²) in [5.41, 5.74) is 1.33. The third kappa shape index (κ3) is 4.79. The summed E-state index contributed by atoms with van der Waals surface area (Å²) in [6.45, 7) is 2.60. The Balaban J connectivity index is 1.75. The van der Waals surface area contributed by atoms with Crippen molar-refractivity contribution in [1.29, 1.82) is 0 Å². The summed E-state index contributed by atoms with van der Waals surface area (Å²) in [5, 5.41) is 13.7. The minimum atomic E-state index is 0.354. The minimum Gasteiger partial charge on any atom is -0.396 e. The fraction of sp³-hybridized carbons (Fsp3) is 0.625. The van der Waals surface area contributed by atoms with Crippen LogP contribution >= 0.6 is 11.6 Å². The lowest BCUT2D eigenvalue weighted by Crippen LogP contribution is -2.40. The van der Waals surface area contributed by atoms with Gasteiger partial charge in [0.2, 0.25) is 0 Å². The van der Waals surface area contributed by atoms with Crippen molar-refractivity contribution in [3.8, 4) is 0 Å². The Labute approximate surface area is 121 Å². The van der Waals surface area contributed by atoms with E-state index in [2.05, 4.69) is 24.4 Å². The molecule has 0 bridgehead atoms. The van der Waals surface area contributed by atoms with Gasteiger partial charge in [0.1, 0.15) is 0 Å². The van der Waals surface area contributed by atoms with Crippen molar-refractivity contribution < 1.29 is 5.11 Å². The standard InChI is InChI=1S/C16H24ClNO/c1-12(10-13-2-6-15(17)7-3-13)18-16-8-4-14(11-19)5-9-16/h2-3,6-7,12,14,16,18-19H,4-5,8-11H2,1H3. The highest BCUT2D eigenvalue weighted by Gasteiger charge is 2.21. The molecule has 0 heterocycles. The maximum atomic E-state index is 9.15. The van der Waals surface area contributed by atoms with Gasteiger partial charge in [-0.25, -0.2) is 0 Å². The van der Waals surface area contributed by atoms with Gasteiger partial charge in [-0.1, -0.05) is 23.7 Å². The van der Waals surface area contributed by atoms with E-state index >= 15 is 0 Å². The number of aliphatic hydroxyl groups excluding tert-OH is 1. The molecule has 1 saturated carbocycles. The molecule has 0 spiro atoms. The van der Waals surface area contributed by atoms with E-state index in [9.17, 15) is 0 Å². The second-order valence-corrected chi connectivity index (χ2v) is 6.23. The zero-order valence-electron chi connectivity index (χ0n) is 11.6. The lowest BCUT2D eigenvalue weighted by molar-refractivity contribution is 0.172. The van der Waals surface area contributed by atoms with Crippen molar-refractivity contribution in [2.45, 2.75) is 51.1 Å². The Morgan fingerprint density at radius 2 is 1.84 bits per heavy atom. The summed E-state index contributed by atoms with van der Waals surface area (Å²) < 4.78 is 0. The molecule has 1 aromatic rings. The van der Waals surface area contributed by atoms with Crippen LogP contribution in [-0.2, 0) is 6.42 Å². The molecule has 1 atom stereocenters. The monoisotopic (exact) mass is 281 g/mol. The molecule has 106 valence electrons. The van der Waals surface area contributed by atoms with Gasteiger partial charge in [-0.3, -0.25) is 0 Å². The highest BCUT2D eigenvalue weighted by molar-refractivity contribution is 6.30. The Bertz CT molecular complexity index is 371. The number of nitrogens with one attached hydrogen (secondary N) is 1.